The zero-order valence-corrected chi connectivity index (χ0v) is 15.5. The number of anilines is 2. The maximum atomic E-state index is 13.8. The van der Waals surface area contributed by atoms with E-state index in [1.54, 1.807) is 6.92 Å². The quantitative estimate of drug-likeness (QED) is 0.770. The predicted molar refractivity (Wildman–Crippen MR) is 104 cm³/mol. The van der Waals surface area contributed by atoms with Crippen LogP contribution in [0, 0.1) is 11.6 Å². The van der Waals surface area contributed by atoms with E-state index in [0.29, 0.717) is 0 Å². The molecular formula is C20H22F2N2OS. The molecule has 0 aromatic heterocycles. The molecule has 1 amide bonds. The van der Waals surface area contributed by atoms with Crippen LogP contribution < -0.4 is 10.2 Å². The van der Waals surface area contributed by atoms with E-state index in [4.69, 9.17) is 0 Å². The number of thioether (sulfide) groups is 1. The van der Waals surface area contributed by atoms with Crippen LogP contribution in [0.1, 0.15) is 30.6 Å². The van der Waals surface area contributed by atoms with Gasteiger partial charge in [-0.05, 0) is 56.2 Å². The second kappa shape index (κ2) is 8.54. The third-order valence-corrected chi connectivity index (χ3v) is 5.66. The Morgan fingerprint density at radius 2 is 1.73 bits per heavy atom. The second-order valence-corrected chi connectivity index (χ2v) is 7.71. The topological polar surface area (TPSA) is 32.3 Å². The van der Waals surface area contributed by atoms with Crippen molar-refractivity contribution >= 4 is 29.0 Å². The van der Waals surface area contributed by atoms with Gasteiger partial charge in [0.05, 0.1) is 5.75 Å². The molecule has 0 spiro atoms. The summed E-state index contributed by atoms with van der Waals surface area (Å²) in [7, 11) is 0. The smallest absolute Gasteiger partial charge is 0.234 e. The lowest BCUT2D eigenvalue weighted by atomic mass is 10.1. The third kappa shape index (κ3) is 4.55. The summed E-state index contributed by atoms with van der Waals surface area (Å²) in [4.78, 5) is 14.5. The number of rotatable bonds is 6. The van der Waals surface area contributed by atoms with Crippen molar-refractivity contribution in [1.82, 2.24) is 0 Å². The molecule has 2 aromatic carbocycles. The first-order chi connectivity index (χ1) is 12.5. The average molecular weight is 376 g/mol. The van der Waals surface area contributed by atoms with Crippen LogP contribution >= 0.6 is 11.8 Å². The maximum Gasteiger partial charge on any atom is 0.234 e. The molecule has 1 aliphatic heterocycles. The lowest BCUT2D eigenvalue weighted by molar-refractivity contribution is -0.113. The molecule has 0 bridgehead atoms. The number of nitrogens with one attached hydrogen (secondary N) is 1. The lowest BCUT2D eigenvalue weighted by Gasteiger charge is -2.18. The Labute approximate surface area is 156 Å². The van der Waals surface area contributed by atoms with Crippen molar-refractivity contribution in [2.45, 2.75) is 25.0 Å². The van der Waals surface area contributed by atoms with E-state index in [1.165, 1.54) is 48.5 Å². The summed E-state index contributed by atoms with van der Waals surface area (Å²) < 4.78 is 27.6. The average Bonchev–Trinajstić information content (AvgIpc) is 3.15. The number of carbonyl (C=O) groups excluding carboxylic acids is 1. The summed E-state index contributed by atoms with van der Waals surface area (Å²) in [6.45, 7) is 3.85. The summed E-state index contributed by atoms with van der Waals surface area (Å²) in [5, 5.41) is 2.39. The Morgan fingerprint density at radius 3 is 2.35 bits per heavy atom. The van der Waals surface area contributed by atoms with Crippen LogP contribution in [0.4, 0.5) is 20.2 Å². The fourth-order valence-corrected chi connectivity index (χ4v) is 3.98. The molecule has 3 nitrogen and oxygen atoms in total. The minimum absolute atomic E-state index is 0.0141. The van der Waals surface area contributed by atoms with Crippen molar-refractivity contribution in [3.63, 3.8) is 0 Å². The highest BCUT2D eigenvalue weighted by Gasteiger charge is 2.18. The molecule has 0 radical (unpaired) electrons. The molecule has 1 N–H and O–H groups in total. The van der Waals surface area contributed by atoms with Gasteiger partial charge in [-0.1, -0.05) is 6.07 Å². The molecule has 6 heteroatoms. The number of carbonyl (C=O) groups is 1. The van der Waals surface area contributed by atoms with Gasteiger partial charge in [-0.3, -0.25) is 4.79 Å². The third-order valence-electron chi connectivity index (χ3n) is 4.49. The standard InChI is InChI=1S/C20H22F2N2OS/c1-14(20-17(21)5-4-6-18(20)22)26-13-19(25)23-15-7-9-16(10-8-15)24-11-2-3-12-24/h4-10,14H,2-3,11-13H2,1H3,(H,23,25). The van der Waals surface area contributed by atoms with Crippen LogP contribution in [0.25, 0.3) is 0 Å². The molecule has 26 heavy (non-hydrogen) atoms. The van der Waals surface area contributed by atoms with E-state index < -0.39 is 16.9 Å². The molecule has 1 saturated heterocycles. The van der Waals surface area contributed by atoms with Crippen molar-refractivity contribution < 1.29 is 13.6 Å². The number of benzene rings is 2. The summed E-state index contributed by atoms with van der Waals surface area (Å²) in [5.41, 5.74) is 1.90. The highest BCUT2D eigenvalue weighted by Crippen LogP contribution is 2.32. The van der Waals surface area contributed by atoms with Crippen molar-refractivity contribution in [2.75, 3.05) is 29.1 Å². The Kier molecular flexibility index (Phi) is 6.14. The molecule has 1 aliphatic rings. The maximum absolute atomic E-state index is 13.8. The van der Waals surface area contributed by atoms with E-state index in [-0.39, 0.29) is 17.2 Å². The zero-order chi connectivity index (χ0) is 18.5. The van der Waals surface area contributed by atoms with Gasteiger partial charge >= 0.3 is 0 Å². The molecule has 1 heterocycles. The van der Waals surface area contributed by atoms with Gasteiger partial charge in [-0.15, -0.1) is 11.8 Å². The molecule has 1 atom stereocenters. The fourth-order valence-electron chi connectivity index (χ4n) is 3.11. The van der Waals surface area contributed by atoms with Crippen molar-refractivity contribution in [1.29, 1.82) is 0 Å². The Balaban J connectivity index is 1.52. The van der Waals surface area contributed by atoms with Crippen LogP contribution in [0.2, 0.25) is 0 Å². The van der Waals surface area contributed by atoms with Crippen LogP contribution in [0.15, 0.2) is 42.5 Å². The van der Waals surface area contributed by atoms with Gasteiger partial charge in [0, 0.05) is 35.3 Å². The van der Waals surface area contributed by atoms with Crippen LogP contribution in [-0.2, 0) is 4.79 Å². The van der Waals surface area contributed by atoms with Gasteiger partial charge in [0.1, 0.15) is 11.6 Å². The first-order valence-electron chi connectivity index (χ1n) is 8.75. The second-order valence-electron chi connectivity index (χ2n) is 6.38. The number of nitrogens with zero attached hydrogens (tertiary/aromatic N) is 1. The highest BCUT2D eigenvalue weighted by molar-refractivity contribution is 8.00. The van der Waals surface area contributed by atoms with Crippen molar-refractivity contribution in [3.05, 3.63) is 59.7 Å². The number of halogens is 2. The van der Waals surface area contributed by atoms with E-state index >= 15 is 0 Å². The van der Waals surface area contributed by atoms with Gasteiger partial charge in [-0.2, -0.15) is 0 Å². The van der Waals surface area contributed by atoms with Crippen molar-refractivity contribution in [3.8, 4) is 0 Å². The normalized spacial score (nSPS) is 15.1. The summed E-state index contributed by atoms with van der Waals surface area (Å²) in [5.74, 6) is -1.22. The van der Waals surface area contributed by atoms with Crippen molar-refractivity contribution in [2.24, 2.45) is 0 Å². The predicted octanol–water partition coefficient (Wildman–Crippen LogP) is 5.00. The highest BCUT2D eigenvalue weighted by atomic mass is 32.2. The van der Waals surface area contributed by atoms with Crippen LogP contribution in [0.3, 0.4) is 0 Å². The van der Waals surface area contributed by atoms with Gasteiger partial charge < -0.3 is 10.2 Å². The SMILES string of the molecule is CC(SCC(=O)Nc1ccc(N2CCCC2)cc1)c1c(F)cccc1F. The van der Waals surface area contributed by atoms with Gasteiger partial charge in [-0.25, -0.2) is 8.78 Å². The van der Waals surface area contributed by atoms with Gasteiger partial charge in [0.2, 0.25) is 5.91 Å². The molecule has 0 saturated carbocycles. The van der Waals surface area contributed by atoms with Gasteiger partial charge in [0.15, 0.2) is 0 Å². The minimum Gasteiger partial charge on any atom is -0.372 e. The monoisotopic (exact) mass is 376 g/mol. The molecule has 1 unspecified atom stereocenters. The number of hydrogen-bond acceptors (Lipinski definition) is 3. The molecule has 138 valence electrons. The molecule has 3 rings (SSSR count). The Morgan fingerprint density at radius 1 is 1.12 bits per heavy atom. The van der Waals surface area contributed by atoms with E-state index in [2.05, 4.69) is 10.2 Å². The first kappa shape index (κ1) is 18.7. The Bertz CT molecular complexity index is 741. The summed E-state index contributed by atoms with van der Waals surface area (Å²) in [6, 6.07) is 11.6. The molecule has 0 aliphatic carbocycles. The summed E-state index contributed by atoms with van der Waals surface area (Å²) in [6.07, 6.45) is 2.44. The largest absolute Gasteiger partial charge is 0.372 e. The number of amides is 1. The van der Waals surface area contributed by atoms with Crippen LogP contribution in [-0.4, -0.2) is 24.7 Å². The van der Waals surface area contributed by atoms with E-state index in [0.717, 1.165) is 18.8 Å². The summed E-state index contributed by atoms with van der Waals surface area (Å²) >= 11 is 1.21. The van der Waals surface area contributed by atoms with E-state index in [9.17, 15) is 13.6 Å². The first-order valence-corrected chi connectivity index (χ1v) is 9.80. The fraction of sp³-hybridized carbons (Fsp3) is 0.350. The molecular weight excluding hydrogens is 354 g/mol. The van der Waals surface area contributed by atoms with Crippen LogP contribution in [0.5, 0.6) is 0 Å². The lowest BCUT2D eigenvalue weighted by Crippen LogP contribution is -2.18. The number of hydrogen-bond donors (Lipinski definition) is 1. The molecule has 1 fully saturated rings. The molecule has 2 aromatic rings. The minimum atomic E-state index is -0.581. The van der Waals surface area contributed by atoms with E-state index in [1.807, 2.05) is 24.3 Å². The Hall–Kier alpha value is -2.08. The van der Waals surface area contributed by atoms with Gasteiger partial charge in [0.25, 0.3) is 0 Å². The zero-order valence-electron chi connectivity index (χ0n) is 14.7.